The molecule has 1 atom stereocenters. The maximum Gasteiger partial charge on any atom is 0.296 e. The number of nitriles is 1. The minimum absolute atomic E-state index is 0.215. The fraction of sp³-hybridized carbons (Fsp3) is 0.226. The van der Waals surface area contributed by atoms with E-state index in [9.17, 15) is 28.4 Å². The van der Waals surface area contributed by atoms with Crippen LogP contribution in [0.1, 0.15) is 59.5 Å². The van der Waals surface area contributed by atoms with Crippen LogP contribution in [0.4, 0.5) is 0 Å². The molecule has 1 fully saturated rings. The summed E-state index contributed by atoms with van der Waals surface area (Å²) in [6.45, 7) is 1.87. The molecule has 4 aromatic rings. The Morgan fingerprint density at radius 2 is 1.83 bits per heavy atom. The van der Waals surface area contributed by atoms with Crippen LogP contribution in [0.15, 0.2) is 87.4 Å². The number of benzene rings is 3. The van der Waals surface area contributed by atoms with Crippen LogP contribution in [0.25, 0.3) is 11.1 Å². The summed E-state index contributed by atoms with van der Waals surface area (Å²) in [5, 5.41) is 20.9. The van der Waals surface area contributed by atoms with E-state index < -0.39 is 38.1 Å². The van der Waals surface area contributed by atoms with Gasteiger partial charge in [0.1, 0.15) is 5.82 Å². The number of aromatic nitrogens is 2. The summed E-state index contributed by atoms with van der Waals surface area (Å²) < 4.78 is 29.1. The monoisotopic (exact) mass is 568 g/mol. The summed E-state index contributed by atoms with van der Waals surface area (Å²) in [5.41, 5.74) is 6.94. The number of hydrogen-bond donors (Lipinski definition) is 2. The number of primary amides is 1. The van der Waals surface area contributed by atoms with Crippen LogP contribution in [-0.4, -0.2) is 29.0 Å². The standard InChI is InChI=1S/C31H28N4O5S/c1-2-26(22-7-5-6-20(16-22)18-32)35-27(17-19-10-11-19)34-30(37)28(31(35)38)41(39,40)23-14-12-21(13-15-23)24-8-3-4-9-25(24)29(33)36/h3-9,12-16,19,26,38H,2,10-11,17H2,1H3,(H2,33,36). The molecular formula is C31H28N4O5S. The Bertz CT molecular complexity index is 1850. The summed E-state index contributed by atoms with van der Waals surface area (Å²) in [4.78, 5) is 28.3. The predicted octanol–water partition coefficient (Wildman–Crippen LogP) is 4.37. The number of sulfone groups is 1. The first kappa shape index (κ1) is 27.8. The molecule has 3 N–H and O–H groups in total. The Kier molecular flexibility index (Phi) is 7.47. The summed E-state index contributed by atoms with van der Waals surface area (Å²) >= 11 is 0. The minimum atomic E-state index is -4.50. The summed E-state index contributed by atoms with van der Waals surface area (Å²) in [6, 6.07) is 20.8. The summed E-state index contributed by atoms with van der Waals surface area (Å²) in [7, 11) is -4.50. The van der Waals surface area contributed by atoms with E-state index in [4.69, 9.17) is 5.73 Å². The molecule has 9 nitrogen and oxygen atoms in total. The van der Waals surface area contributed by atoms with E-state index in [0.717, 1.165) is 12.8 Å². The molecule has 1 heterocycles. The van der Waals surface area contributed by atoms with Gasteiger partial charge in [-0.15, -0.1) is 0 Å². The van der Waals surface area contributed by atoms with Gasteiger partial charge in [0.25, 0.3) is 5.56 Å². The number of nitrogens with zero attached hydrogens (tertiary/aromatic N) is 3. The highest BCUT2D eigenvalue weighted by molar-refractivity contribution is 7.91. The maximum absolute atomic E-state index is 13.8. The smallest absolute Gasteiger partial charge is 0.296 e. The van der Waals surface area contributed by atoms with E-state index in [1.165, 1.54) is 28.8 Å². The van der Waals surface area contributed by atoms with Gasteiger partial charge in [-0.25, -0.2) is 8.42 Å². The third-order valence-corrected chi connectivity index (χ3v) is 9.13. The Morgan fingerprint density at radius 1 is 1.12 bits per heavy atom. The number of rotatable bonds is 9. The summed E-state index contributed by atoms with van der Waals surface area (Å²) in [6.07, 6.45) is 2.79. The van der Waals surface area contributed by atoms with Crippen LogP contribution in [0.3, 0.4) is 0 Å². The SMILES string of the molecule is CCC(c1cccc(C#N)c1)n1c(CC2CC2)nc(=O)c(S(=O)(=O)c2ccc(-c3ccccc3C(N)=O)cc2)c1O. The van der Waals surface area contributed by atoms with E-state index in [1.807, 2.05) is 6.92 Å². The van der Waals surface area contributed by atoms with Gasteiger partial charge in [-0.3, -0.25) is 14.2 Å². The molecule has 1 aromatic heterocycles. The average Bonchev–Trinajstić information content (AvgIpc) is 3.79. The van der Waals surface area contributed by atoms with Crippen molar-refractivity contribution in [3.63, 3.8) is 0 Å². The lowest BCUT2D eigenvalue weighted by Gasteiger charge is -2.25. The summed E-state index contributed by atoms with van der Waals surface area (Å²) in [5.74, 6) is -0.695. The van der Waals surface area contributed by atoms with Crippen molar-refractivity contribution >= 4 is 15.7 Å². The molecule has 0 spiro atoms. The molecule has 10 heteroatoms. The molecule has 41 heavy (non-hydrogen) atoms. The van der Waals surface area contributed by atoms with Gasteiger partial charge in [-0.05, 0) is 72.2 Å². The molecular weight excluding hydrogens is 540 g/mol. The third kappa shape index (κ3) is 5.36. The number of aromatic hydroxyl groups is 1. The first-order valence-corrected chi connectivity index (χ1v) is 14.7. The lowest BCUT2D eigenvalue weighted by molar-refractivity contribution is 0.100. The van der Waals surface area contributed by atoms with Crippen molar-refractivity contribution in [2.45, 2.75) is 48.4 Å². The lowest BCUT2D eigenvalue weighted by atomic mass is 9.99. The third-order valence-electron chi connectivity index (χ3n) is 7.34. The second-order valence-corrected chi connectivity index (χ2v) is 12.0. The van der Waals surface area contributed by atoms with Crippen molar-refractivity contribution in [1.29, 1.82) is 5.26 Å². The largest absolute Gasteiger partial charge is 0.493 e. The predicted molar refractivity (Wildman–Crippen MR) is 152 cm³/mol. The van der Waals surface area contributed by atoms with E-state index in [0.29, 0.717) is 46.8 Å². The molecule has 1 aliphatic rings. The van der Waals surface area contributed by atoms with Gasteiger partial charge in [0.15, 0.2) is 4.90 Å². The molecule has 208 valence electrons. The Labute approximate surface area is 237 Å². The van der Waals surface area contributed by atoms with Gasteiger partial charge in [-0.2, -0.15) is 10.2 Å². The highest BCUT2D eigenvalue weighted by atomic mass is 32.2. The molecule has 1 unspecified atom stereocenters. The molecule has 0 bridgehead atoms. The van der Waals surface area contributed by atoms with Gasteiger partial charge in [0.05, 0.1) is 22.6 Å². The number of amides is 1. The van der Waals surface area contributed by atoms with Crippen molar-refractivity contribution in [3.8, 4) is 23.1 Å². The number of hydrogen-bond acceptors (Lipinski definition) is 7. The first-order valence-electron chi connectivity index (χ1n) is 13.2. The van der Waals surface area contributed by atoms with Crippen LogP contribution in [0, 0.1) is 17.2 Å². The van der Waals surface area contributed by atoms with Crippen molar-refractivity contribution in [2.75, 3.05) is 0 Å². The zero-order chi connectivity index (χ0) is 29.3. The highest BCUT2D eigenvalue weighted by Gasteiger charge is 2.34. The Hall–Kier alpha value is -4.75. The molecule has 1 saturated carbocycles. The Balaban J connectivity index is 1.64. The van der Waals surface area contributed by atoms with Crippen LogP contribution in [0.5, 0.6) is 5.88 Å². The van der Waals surface area contributed by atoms with Crippen LogP contribution in [-0.2, 0) is 16.3 Å². The van der Waals surface area contributed by atoms with Crippen molar-refractivity contribution in [2.24, 2.45) is 11.7 Å². The first-order chi connectivity index (χ1) is 19.6. The van der Waals surface area contributed by atoms with E-state index in [1.54, 1.807) is 48.5 Å². The normalized spacial score (nSPS) is 13.9. The Morgan fingerprint density at radius 3 is 2.46 bits per heavy atom. The average molecular weight is 569 g/mol. The van der Waals surface area contributed by atoms with E-state index >= 15 is 0 Å². The molecule has 0 saturated heterocycles. The second-order valence-electron chi connectivity index (χ2n) is 10.1. The topological polar surface area (TPSA) is 156 Å². The van der Waals surface area contributed by atoms with Gasteiger partial charge < -0.3 is 10.8 Å². The fourth-order valence-corrected chi connectivity index (χ4v) is 6.44. The van der Waals surface area contributed by atoms with E-state index in [-0.39, 0.29) is 10.5 Å². The van der Waals surface area contributed by atoms with Crippen molar-refractivity contribution in [3.05, 3.63) is 106 Å². The molecule has 0 radical (unpaired) electrons. The van der Waals surface area contributed by atoms with Crippen molar-refractivity contribution in [1.82, 2.24) is 9.55 Å². The zero-order valence-corrected chi connectivity index (χ0v) is 23.1. The van der Waals surface area contributed by atoms with Crippen LogP contribution >= 0.6 is 0 Å². The van der Waals surface area contributed by atoms with Gasteiger partial charge in [-0.1, -0.05) is 49.4 Å². The molecule has 3 aromatic carbocycles. The van der Waals surface area contributed by atoms with Crippen molar-refractivity contribution < 1.29 is 18.3 Å². The van der Waals surface area contributed by atoms with Crippen LogP contribution in [0.2, 0.25) is 0 Å². The van der Waals surface area contributed by atoms with Gasteiger partial charge in [0.2, 0.25) is 21.6 Å². The number of carbonyl (C=O) groups is 1. The molecule has 0 aliphatic heterocycles. The second kappa shape index (κ2) is 11.0. The minimum Gasteiger partial charge on any atom is -0.493 e. The highest BCUT2D eigenvalue weighted by Crippen LogP contribution is 2.37. The maximum atomic E-state index is 13.8. The molecule has 1 aliphatic carbocycles. The van der Waals surface area contributed by atoms with Gasteiger partial charge in [0, 0.05) is 12.0 Å². The van der Waals surface area contributed by atoms with E-state index in [2.05, 4.69) is 11.1 Å². The van der Waals surface area contributed by atoms with Crippen LogP contribution < -0.4 is 11.3 Å². The van der Waals surface area contributed by atoms with Gasteiger partial charge >= 0.3 is 0 Å². The molecule has 1 amide bonds. The fourth-order valence-electron chi connectivity index (χ4n) is 5.10. The number of nitrogens with two attached hydrogens (primary N) is 1. The lowest BCUT2D eigenvalue weighted by Crippen LogP contribution is -2.27. The zero-order valence-electron chi connectivity index (χ0n) is 22.3. The quantitative estimate of drug-likeness (QED) is 0.304. The molecule has 5 rings (SSSR count). The number of carbonyl (C=O) groups excluding carboxylic acids is 1.